The minimum Gasteiger partial charge on any atom is -0.379 e. The van der Waals surface area contributed by atoms with Gasteiger partial charge in [-0.2, -0.15) is 0 Å². The Morgan fingerprint density at radius 1 is 1.08 bits per heavy atom. The van der Waals surface area contributed by atoms with E-state index in [4.69, 9.17) is 14.2 Å². The Morgan fingerprint density at radius 2 is 1.62 bits per heavy atom. The SMILES string of the molecule is [CH2]C(C)OC(C)COCC(C)OC. The van der Waals surface area contributed by atoms with E-state index in [1.807, 2.05) is 20.8 Å². The fourth-order valence-electron chi connectivity index (χ4n) is 0.904. The van der Waals surface area contributed by atoms with Crippen LogP contribution >= 0.6 is 0 Å². The standard InChI is InChI=1S/C10H21O3/c1-8(2)13-10(4)7-12-6-9(3)11-5/h8-10H,1,6-7H2,2-5H3. The number of ether oxygens (including phenoxy) is 3. The van der Waals surface area contributed by atoms with Crippen LogP contribution in [0.5, 0.6) is 0 Å². The number of hydrogen-bond donors (Lipinski definition) is 0. The fraction of sp³-hybridized carbons (Fsp3) is 0.900. The second-order valence-corrected chi connectivity index (χ2v) is 3.34. The highest BCUT2D eigenvalue weighted by molar-refractivity contribution is 4.56. The van der Waals surface area contributed by atoms with Crippen LogP contribution in [0.4, 0.5) is 0 Å². The highest BCUT2D eigenvalue weighted by Crippen LogP contribution is 1.98. The van der Waals surface area contributed by atoms with Crippen molar-refractivity contribution in [3.63, 3.8) is 0 Å². The molecule has 0 saturated carbocycles. The third-order valence-electron chi connectivity index (χ3n) is 1.57. The third kappa shape index (κ3) is 8.22. The molecule has 0 aliphatic rings. The van der Waals surface area contributed by atoms with Crippen molar-refractivity contribution in [2.45, 2.75) is 39.1 Å². The minimum atomic E-state index is 0.0125. The summed E-state index contributed by atoms with van der Waals surface area (Å²) in [4.78, 5) is 0. The van der Waals surface area contributed by atoms with Gasteiger partial charge in [0.2, 0.25) is 0 Å². The first-order valence-corrected chi connectivity index (χ1v) is 4.65. The maximum absolute atomic E-state index is 5.39. The molecule has 0 amide bonds. The molecule has 0 aliphatic heterocycles. The monoisotopic (exact) mass is 189 g/mol. The summed E-state index contributed by atoms with van der Waals surface area (Å²) in [5.41, 5.74) is 0. The van der Waals surface area contributed by atoms with Crippen molar-refractivity contribution >= 4 is 0 Å². The molecule has 3 heteroatoms. The minimum absolute atomic E-state index is 0.0125. The normalized spacial score (nSPS) is 16.2. The molecular weight excluding hydrogens is 168 g/mol. The Morgan fingerprint density at radius 3 is 2.08 bits per heavy atom. The maximum atomic E-state index is 5.39. The van der Waals surface area contributed by atoms with Gasteiger partial charge >= 0.3 is 0 Å². The van der Waals surface area contributed by atoms with E-state index in [9.17, 15) is 0 Å². The summed E-state index contributed by atoms with van der Waals surface area (Å²) in [5.74, 6) is 0. The van der Waals surface area contributed by atoms with E-state index in [-0.39, 0.29) is 18.3 Å². The summed E-state index contributed by atoms with van der Waals surface area (Å²) in [7, 11) is 1.67. The molecule has 3 unspecified atom stereocenters. The molecule has 0 N–H and O–H groups in total. The summed E-state index contributed by atoms with van der Waals surface area (Å²) in [6.07, 6.45) is 0.249. The van der Waals surface area contributed by atoms with E-state index >= 15 is 0 Å². The van der Waals surface area contributed by atoms with E-state index in [1.54, 1.807) is 7.11 Å². The smallest absolute Gasteiger partial charge is 0.0784 e. The van der Waals surface area contributed by atoms with Crippen molar-refractivity contribution in [1.82, 2.24) is 0 Å². The highest BCUT2D eigenvalue weighted by atomic mass is 16.6. The van der Waals surface area contributed by atoms with Gasteiger partial charge in [-0.1, -0.05) is 0 Å². The molecule has 3 nitrogen and oxygen atoms in total. The Balaban J connectivity index is 3.31. The topological polar surface area (TPSA) is 27.7 Å². The second-order valence-electron chi connectivity index (χ2n) is 3.34. The molecule has 0 spiro atoms. The lowest BCUT2D eigenvalue weighted by Gasteiger charge is -2.17. The quantitative estimate of drug-likeness (QED) is 0.609. The van der Waals surface area contributed by atoms with Gasteiger partial charge < -0.3 is 14.2 Å². The first-order chi connectivity index (χ1) is 6.06. The largest absolute Gasteiger partial charge is 0.379 e. The predicted molar refractivity (Wildman–Crippen MR) is 52.7 cm³/mol. The Kier molecular flexibility index (Phi) is 7.23. The molecular formula is C10H21O3. The molecule has 79 valence electrons. The van der Waals surface area contributed by atoms with E-state index in [0.29, 0.717) is 13.2 Å². The lowest BCUT2D eigenvalue weighted by Crippen LogP contribution is -2.23. The summed E-state index contributed by atoms with van der Waals surface area (Å²) in [6.45, 7) is 10.8. The van der Waals surface area contributed by atoms with Gasteiger partial charge in [-0.15, -0.1) is 0 Å². The van der Waals surface area contributed by atoms with Crippen molar-refractivity contribution < 1.29 is 14.2 Å². The van der Waals surface area contributed by atoms with Crippen LogP contribution in [0.15, 0.2) is 0 Å². The van der Waals surface area contributed by atoms with E-state index < -0.39 is 0 Å². The molecule has 0 aliphatic carbocycles. The summed E-state index contributed by atoms with van der Waals surface area (Å²) >= 11 is 0. The van der Waals surface area contributed by atoms with Crippen molar-refractivity contribution in [2.75, 3.05) is 20.3 Å². The summed E-state index contributed by atoms with van der Waals surface area (Å²) in [6, 6.07) is 0. The van der Waals surface area contributed by atoms with Crippen LogP contribution in [0.3, 0.4) is 0 Å². The molecule has 0 fully saturated rings. The maximum Gasteiger partial charge on any atom is 0.0784 e. The molecule has 13 heavy (non-hydrogen) atoms. The molecule has 0 aromatic carbocycles. The van der Waals surface area contributed by atoms with Gasteiger partial charge in [-0.3, -0.25) is 0 Å². The third-order valence-corrected chi connectivity index (χ3v) is 1.57. The van der Waals surface area contributed by atoms with Crippen molar-refractivity contribution in [3.05, 3.63) is 6.92 Å². The van der Waals surface area contributed by atoms with Crippen LogP contribution in [0, 0.1) is 6.92 Å². The van der Waals surface area contributed by atoms with Gasteiger partial charge in [0, 0.05) is 7.11 Å². The summed E-state index contributed by atoms with van der Waals surface area (Å²) < 4.78 is 15.8. The highest BCUT2D eigenvalue weighted by Gasteiger charge is 2.06. The molecule has 0 saturated heterocycles. The molecule has 0 heterocycles. The molecule has 0 rings (SSSR count). The Labute approximate surface area is 81.4 Å². The van der Waals surface area contributed by atoms with Crippen molar-refractivity contribution in [3.8, 4) is 0 Å². The van der Waals surface area contributed by atoms with Crippen molar-refractivity contribution in [2.24, 2.45) is 0 Å². The molecule has 3 atom stereocenters. The Hall–Kier alpha value is -0.120. The van der Waals surface area contributed by atoms with Crippen LogP contribution < -0.4 is 0 Å². The zero-order valence-electron chi connectivity index (χ0n) is 9.08. The first kappa shape index (κ1) is 12.9. The number of rotatable bonds is 7. The van der Waals surface area contributed by atoms with Crippen molar-refractivity contribution in [1.29, 1.82) is 0 Å². The molecule has 0 aromatic rings. The fourth-order valence-corrected chi connectivity index (χ4v) is 0.904. The number of hydrogen-bond acceptors (Lipinski definition) is 3. The lowest BCUT2D eigenvalue weighted by molar-refractivity contribution is -0.0490. The average molecular weight is 189 g/mol. The van der Waals surface area contributed by atoms with Gasteiger partial charge in [0.1, 0.15) is 0 Å². The van der Waals surface area contributed by atoms with Gasteiger partial charge in [-0.25, -0.2) is 0 Å². The molecule has 1 radical (unpaired) electrons. The average Bonchev–Trinajstić information content (AvgIpc) is 2.02. The predicted octanol–water partition coefficient (Wildman–Crippen LogP) is 1.67. The van der Waals surface area contributed by atoms with E-state index in [0.717, 1.165) is 0 Å². The van der Waals surface area contributed by atoms with Crippen LogP contribution in [0.2, 0.25) is 0 Å². The van der Waals surface area contributed by atoms with Gasteiger partial charge in [-0.05, 0) is 27.7 Å². The second kappa shape index (κ2) is 7.30. The first-order valence-electron chi connectivity index (χ1n) is 4.65. The van der Waals surface area contributed by atoms with Gasteiger partial charge in [0.05, 0.1) is 31.5 Å². The summed E-state index contributed by atoms with van der Waals surface area (Å²) in [5, 5.41) is 0. The zero-order valence-corrected chi connectivity index (χ0v) is 9.08. The molecule has 0 aromatic heterocycles. The lowest BCUT2D eigenvalue weighted by atomic mass is 10.4. The van der Waals surface area contributed by atoms with Crippen LogP contribution in [-0.2, 0) is 14.2 Å². The van der Waals surface area contributed by atoms with E-state index in [1.165, 1.54) is 0 Å². The van der Waals surface area contributed by atoms with Gasteiger partial charge in [0.25, 0.3) is 0 Å². The number of methoxy groups -OCH3 is 1. The van der Waals surface area contributed by atoms with Crippen LogP contribution in [0.1, 0.15) is 20.8 Å². The Bertz CT molecular complexity index is 115. The molecule has 0 bridgehead atoms. The van der Waals surface area contributed by atoms with Gasteiger partial charge in [0.15, 0.2) is 0 Å². The van der Waals surface area contributed by atoms with Crippen LogP contribution in [-0.4, -0.2) is 38.6 Å². The van der Waals surface area contributed by atoms with E-state index in [2.05, 4.69) is 6.92 Å². The van der Waals surface area contributed by atoms with Crippen LogP contribution in [0.25, 0.3) is 0 Å². The zero-order chi connectivity index (χ0) is 10.3.